The van der Waals surface area contributed by atoms with Crippen molar-refractivity contribution in [2.24, 2.45) is 5.41 Å². The van der Waals surface area contributed by atoms with Crippen molar-refractivity contribution in [3.63, 3.8) is 0 Å². The van der Waals surface area contributed by atoms with Crippen LogP contribution >= 0.6 is 0 Å². The maximum Gasteiger partial charge on any atom is 0.490 e. The molecule has 3 rings (SSSR count). The number of carboxylic acid groups (broad SMARTS) is 1. The lowest BCUT2D eigenvalue weighted by Gasteiger charge is -2.31. The van der Waals surface area contributed by atoms with Crippen LogP contribution in [-0.2, 0) is 15.1 Å². The standard InChI is InChI=1S/C26H35N5O2.C2HF3O2/c1-25(2)11-9-18(10-12-25)21-15-19(26(3,4)33-14-13-31(5)6)7-8-22(21)30-24(32)23-28-17-20(16-27)29-23;3-2(4,5)1(6)7/h7-9,15,17H,10-14H2,1-6H3,(H,28,29)(H,30,32);(H,6,7). The lowest BCUT2D eigenvalue weighted by Crippen LogP contribution is -2.27. The van der Waals surface area contributed by atoms with Gasteiger partial charge in [-0.1, -0.05) is 26.0 Å². The zero-order valence-corrected chi connectivity index (χ0v) is 23.6. The molecule has 1 aliphatic carbocycles. The summed E-state index contributed by atoms with van der Waals surface area (Å²) in [6, 6.07) is 8.04. The summed E-state index contributed by atoms with van der Waals surface area (Å²) in [4.78, 5) is 30.6. The number of carbonyl (C=O) groups excluding carboxylic acids is 1. The predicted octanol–water partition coefficient (Wildman–Crippen LogP) is 5.57. The number of aliphatic carboxylic acids is 1. The molecule has 1 heterocycles. The van der Waals surface area contributed by atoms with Crippen LogP contribution in [0.1, 0.15) is 74.4 Å². The molecule has 1 aliphatic rings. The number of likely N-dealkylation sites (N-methyl/N-ethyl adjacent to an activating group) is 1. The van der Waals surface area contributed by atoms with E-state index in [2.05, 4.69) is 60.0 Å². The lowest BCUT2D eigenvalue weighted by atomic mass is 9.76. The lowest BCUT2D eigenvalue weighted by molar-refractivity contribution is -0.192. The van der Waals surface area contributed by atoms with Crippen molar-refractivity contribution >= 4 is 23.1 Å². The largest absolute Gasteiger partial charge is 0.490 e. The predicted molar refractivity (Wildman–Crippen MR) is 145 cm³/mol. The van der Waals surface area contributed by atoms with E-state index < -0.39 is 17.7 Å². The van der Waals surface area contributed by atoms with Gasteiger partial charge in [0.15, 0.2) is 5.82 Å². The minimum atomic E-state index is -5.08. The molecule has 2 aromatic rings. The summed E-state index contributed by atoms with van der Waals surface area (Å²) in [5, 5.41) is 19.1. The van der Waals surface area contributed by atoms with Gasteiger partial charge in [0, 0.05) is 17.8 Å². The summed E-state index contributed by atoms with van der Waals surface area (Å²) in [6.45, 7) is 10.2. The molecule has 12 heteroatoms. The monoisotopic (exact) mass is 563 g/mol. The van der Waals surface area contributed by atoms with Gasteiger partial charge in [0.25, 0.3) is 5.91 Å². The van der Waals surface area contributed by atoms with Crippen LogP contribution in [0.4, 0.5) is 18.9 Å². The fraction of sp³-hybridized carbons (Fsp3) is 0.500. The number of nitrogens with one attached hydrogen (secondary N) is 2. The van der Waals surface area contributed by atoms with Gasteiger partial charge in [0.05, 0.1) is 18.4 Å². The number of allylic oxidation sites excluding steroid dienone is 2. The maximum atomic E-state index is 12.8. The Hall–Kier alpha value is -3.69. The minimum Gasteiger partial charge on any atom is -0.475 e. The molecule has 1 aromatic carbocycles. The Labute approximate surface area is 232 Å². The molecule has 40 heavy (non-hydrogen) atoms. The zero-order chi connectivity index (χ0) is 30.3. The molecule has 3 N–H and O–H groups in total. The van der Waals surface area contributed by atoms with Crippen molar-refractivity contribution in [3.05, 3.63) is 53.1 Å². The van der Waals surface area contributed by atoms with Gasteiger partial charge in [0.1, 0.15) is 11.8 Å². The quantitative estimate of drug-likeness (QED) is 0.382. The zero-order valence-electron chi connectivity index (χ0n) is 23.6. The first kappa shape index (κ1) is 32.5. The topological polar surface area (TPSA) is 131 Å². The number of amides is 1. The van der Waals surface area contributed by atoms with E-state index in [0.29, 0.717) is 6.61 Å². The number of nitrogens with zero attached hydrogens (tertiary/aromatic N) is 3. The molecular formula is C28H36F3N5O4. The average Bonchev–Trinajstić information content (AvgIpc) is 3.33. The summed E-state index contributed by atoms with van der Waals surface area (Å²) in [6.07, 6.45) is 1.59. The van der Waals surface area contributed by atoms with E-state index in [-0.39, 0.29) is 22.8 Å². The number of benzene rings is 1. The number of hydrogen-bond donors (Lipinski definition) is 3. The van der Waals surface area contributed by atoms with Crippen LogP contribution in [0.3, 0.4) is 0 Å². The fourth-order valence-electron chi connectivity index (χ4n) is 3.86. The molecule has 0 bridgehead atoms. The highest BCUT2D eigenvalue weighted by Crippen LogP contribution is 2.41. The number of H-pyrrole nitrogens is 1. The number of rotatable bonds is 8. The van der Waals surface area contributed by atoms with Gasteiger partial charge >= 0.3 is 12.1 Å². The Bertz CT molecular complexity index is 1270. The van der Waals surface area contributed by atoms with Gasteiger partial charge in [0.2, 0.25) is 0 Å². The molecule has 0 radical (unpaired) electrons. The van der Waals surface area contributed by atoms with E-state index in [0.717, 1.165) is 42.6 Å². The van der Waals surface area contributed by atoms with E-state index >= 15 is 0 Å². The van der Waals surface area contributed by atoms with Crippen LogP contribution in [0, 0.1) is 16.7 Å². The number of carbonyl (C=O) groups is 2. The summed E-state index contributed by atoms with van der Waals surface area (Å²) in [7, 11) is 4.06. The molecule has 218 valence electrons. The Morgan fingerprint density at radius 1 is 1.27 bits per heavy atom. The summed E-state index contributed by atoms with van der Waals surface area (Å²) in [5.74, 6) is -3.01. The van der Waals surface area contributed by atoms with E-state index in [1.165, 1.54) is 11.8 Å². The molecule has 9 nitrogen and oxygen atoms in total. The van der Waals surface area contributed by atoms with Crippen LogP contribution in [0.2, 0.25) is 0 Å². The highest BCUT2D eigenvalue weighted by molar-refractivity contribution is 6.03. The van der Waals surface area contributed by atoms with Gasteiger partial charge in [-0.25, -0.2) is 9.78 Å². The summed E-state index contributed by atoms with van der Waals surface area (Å²) >= 11 is 0. The number of hydrogen-bond acceptors (Lipinski definition) is 6. The van der Waals surface area contributed by atoms with Crippen molar-refractivity contribution in [2.75, 3.05) is 32.6 Å². The first-order chi connectivity index (χ1) is 18.4. The van der Waals surface area contributed by atoms with Crippen LogP contribution in [0.15, 0.2) is 30.5 Å². The molecule has 0 atom stereocenters. The number of anilines is 1. The highest BCUT2D eigenvalue weighted by Gasteiger charge is 2.38. The Kier molecular flexibility index (Phi) is 10.7. The third kappa shape index (κ3) is 9.50. The summed E-state index contributed by atoms with van der Waals surface area (Å²) < 4.78 is 37.9. The second kappa shape index (κ2) is 13.1. The Morgan fingerprint density at radius 2 is 1.93 bits per heavy atom. The summed E-state index contributed by atoms with van der Waals surface area (Å²) in [5.41, 5.74) is 4.09. The molecule has 0 saturated heterocycles. The first-order valence-corrected chi connectivity index (χ1v) is 12.6. The number of alkyl halides is 3. The van der Waals surface area contributed by atoms with Crippen LogP contribution in [0.25, 0.3) is 5.57 Å². The molecule has 0 fully saturated rings. The van der Waals surface area contributed by atoms with E-state index in [1.807, 2.05) is 32.3 Å². The fourth-order valence-corrected chi connectivity index (χ4v) is 3.86. The number of aromatic amines is 1. The Morgan fingerprint density at radius 3 is 2.42 bits per heavy atom. The van der Waals surface area contributed by atoms with Crippen LogP contribution in [-0.4, -0.2) is 65.3 Å². The van der Waals surface area contributed by atoms with Gasteiger partial charge < -0.3 is 25.0 Å². The van der Waals surface area contributed by atoms with Gasteiger partial charge in [-0.05, 0) is 75.9 Å². The van der Waals surface area contributed by atoms with Crippen LogP contribution in [0.5, 0.6) is 0 Å². The van der Waals surface area contributed by atoms with Crippen molar-refractivity contribution in [1.82, 2.24) is 14.9 Å². The average molecular weight is 564 g/mol. The third-order valence-corrected chi connectivity index (χ3v) is 6.44. The van der Waals surface area contributed by atoms with Gasteiger partial charge in [-0.15, -0.1) is 0 Å². The van der Waals surface area contributed by atoms with Crippen molar-refractivity contribution in [1.29, 1.82) is 5.26 Å². The first-order valence-electron chi connectivity index (χ1n) is 12.6. The number of aromatic nitrogens is 2. The van der Waals surface area contributed by atoms with Crippen molar-refractivity contribution < 1.29 is 32.6 Å². The highest BCUT2D eigenvalue weighted by atomic mass is 19.4. The van der Waals surface area contributed by atoms with E-state index in [4.69, 9.17) is 19.9 Å². The van der Waals surface area contributed by atoms with Crippen LogP contribution < -0.4 is 5.32 Å². The number of nitriles is 1. The molecule has 1 amide bonds. The molecule has 0 aliphatic heterocycles. The number of ether oxygens (including phenoxy) is 1. The van der Waals surface area contributed by atoms with E-state index in [1.54, 1.807) is 0 Å². The van der Waals surface area contributed by atoms with Crippen molar-refractivity contribution in [3.8, 4) is 6.07 Å². The SMILES string of the molecule is CN(C)CCOC(C)(C)c1ccc(NC(=O)c2ncc(C#N)[nH]2)c(C2=CCC(C)(C)CC2)c1.O=C(O)C(F)(F)F. The van der Waals surface area contributed by atoms with Gasteiger partial charge in [-0.3, -0.25) is 4.79 Å². The second-order valence-electron chi connectivity index (χ2n) is 11.0. The molecular weight excluding hydrogens is 527 g/mol. The van der Waals surface area contributed by atoms with Crippen molar-refractivity contribution in [2.45, 2.75) is 58.7 Å². The number of halogens is 3. The maximum absolute atomic E-state index is 12.8. The number of carboxylic acids is 1. The molecule has 1 aromatic heterocycles. The molecule has 0 spiro atoms. The molecule has 0 saturated carbocycles. The Balaban J connectivity index is 0.000000708. The second-order valence-corrected chi connectivity index (χ2v) is 11.0. The number of imidazole rings is 1. The normalized spacial score (nSPS) is 15.0. The minimum absolute atomic E-state index is 0.118. The third-order valence-electron chi connectivity index (χ3n) is 6.44. The van der Waals surface area contributed by atoms with Gasteiger partial charge in [-0.2, -0.15) is 18.4 Å². The van der Waals surface area contributed by atoms with E-state index in [9.17, 15) is 18.0 Å². The smallest absolute Gasteiger partial charge is 0.475 e. The molecule has 0 unspecified atom stereocenters.